The van der Waals surface area contributed by atoms with Crippen LogP contribution in [0.15, 0.2) is 51.7 Å². The molecule has 0 radical (unpaired) electrons. The van der Waals surface area contributed by atoms with Crippen LogP contribution in [0.4, 0.5) is 14.5 Å². The van der Waals surface area contributed by atoms with Gasteiger partial charge in [-0.25, -0.2) is 13.6 Å². The number of carbonyl (C=O) groups is 1. The lowest BCUT2D eigenvalue weighted by molar-refractivity contribution is -0.142. The number of hydrogen-bond donors (Lipinski definition) is 1. The first-order chi connectivity index (χ1) is 20.9. The van der Waals surface area contributed by atoms with E-state index in [2.05, 4.69) is 10.1 Å². The number of rotatable bonds is 16. The van der Waals surface area contributed by atoms with Crippen molar-refractivity contribution in [3.63, 3.8) is 0 Å². The maximum absolute atomic E-state index is 15.2. The Morgan fingerprint density at radius 2 is 1.70 bits per heavy atom. The SMILES string of the molecule is CCOCCOCCNc1ccc(-c2c3cc(F)c(=O)cc-3oc3cc(OCC(=O)OC)c(F)cc23)cc1OCCOC. The van der Waals surface area contributed by atoms with E-state index in [9.17, 15) is 14.0 Å². The van der Waals surface area contributed by atoms with Crippen LogP contribution in [0.2, 0.25) is 0 Å². The number of halogens is 2. The van der Waals surface area contributed by atoms with E-state index in [1.54, 1.807) is 25.3 Å². The molecule has 1 aliphatic carbocycles. The summed E-state index contributed by atoms with van der Waals surface area (Å²) in [6.07, 6.45) is 0. The van der Waals surface area contributed by atoms with Gasteiger partial charge >= 0.3 is 5.97 Å². The van der Waals surface area contributed by atoms with Crippen LogP contribution in [0.3, 0.4) is 0 Å². The number of anilines is 1. The lowest BCUT2D eigenvalue weighted by Crippen LogP contribution is -2.14. The van der Waals surface area contributed by atoms with Crippen molar-refractivity contribution in [1.82, 2.24) is 0 Å². The molecule has 1 aliphatic heterocycles. The smallest absolute Gasteiger partial charge is 0.343 e. The maximum Gasteiger partial charge on any atom is 0.343 e. The molecule has 0 saturated heterocycles. The number of methoxy groups -OCH3 is 2. The third-order valence-electron chi connectivity index (χ3n) is 6.35. The second kappa shape index (κ2) is 15.3. The highest BCUT2D eigenvalue weighted by Gasteiger charge is 2.23. The van der Waals surface area contributed by atoms with E-state index in [-0.39, 0.29) is 34.6 Å². The second-order valence-corrected chi connectivity index (χ2v) is 9.19. The van der Waals surface area contributed by atoms with Gasteiger partial charge in [-0.15, -0.1) is 0 Å². The third-order valence-corrected chi connectivity index (χ3v) is 6.35. The summed E-state index contributed by atoms with van der Waals surface area (Å²) in [5, 5.41) is 3.56. The van der Waals surface area contributed by atoms with E-state index in [1.165, 1.54) is 19.2 Å². The summed E-state index contributed by atoms with van der Waals surface area (Å²) < 4.78 is 67.5. The molecule has 1 heterocycles. The van der Waals surface area contributed by atoms with Crippen LogP contribution in [0, 0.1) is 11.6 Å². The Balaban J connectivity index is 1.77. The molecule has 2 aliphatic rings. The van der Waals surface area contributed by atoms with E-state index in [4.69, 9.17) is 28.1 Å². The van der Waals surface area contributed by atoms with Gasteiger partial charge in [-0.2, -0.15) is 0 Å². The van der Waals surface area contributed by atoms with Crippen LogP contribution < -0.4 is 20.2 Å². The Bertz CT molecular complexity index is 1570. The van der Waals surface area contributed by atoms with Crippen LogP contribution in [-0.2, 0) is 23.7 Å². The molecule has 0 fully saturated rings. The number of esters is 1. The number of nitrogens with one attached hydrogen (secondary N) is 1. The largest absolute Gasteiger partial charge is 0.489 e. The molecule has 0 atom stereocenters. The molecule has 0 bridgehead atoms. The summed E-state index contributed by atoms with van der Waals surface area (Å²) in [4.78, 5) is 23.7. The molecule has 4 rings (SSSR count). The minimum absolute atomic E-state index is 0.0766. The van der Waals surface area contributed by atoms with Crippen molar-refractivity contribution in [2.45, 2.75) is 6.92 Å². The van der Waals surface area contributed by atoms with Crippen LogP contribution in [-0.4, -0.2) is 73.0 Å². The van der Waals surface area contributed by atoms with Gasteiger partial charge in [0.2, 0.25) is 5.43 Å². The standard InChI is InChI=1S/C31H33F2NO9/c1-4-39-10-11-40-8-7-34-24-6-5-19(13-29(24)41-12-9-37-2)31-20-14-22(32)25(35)16-26(20)43-27-17-28(23(33)15-21(27)31)42-18-30(36)38-3/h5-6,13-17,34H,4,7-12,18H2,1-3H3. The zero-order valence-electron chi connectivity index (χ0n) is 24.1. The predicted octanol–water partition coefficient (Wildman–Crippen LogP) is 4.89. The Morgan fingerprint density at radius 3 is 2.47 bits per heavy atom. The van der Waals surface area contributed by atoms with Gasteiger partial charge in [-0.1, -0.05) is 6.07 Å². The minimum Gasteiger partial charge on any atom is -0.489 e. The number of benzene rings is 3. The first-order valence-electron chi connectivity index (χ1n) is 13.6. The van der Waals surface area contributed by atoms with Crippen LogP contribution in [0.25, 0.3) is 33.4 Å². The van der Waals surface area contributed by atoms with E-state index in [0.29, 0.717) is 62.1 Å². The molecule has 0 saturated carbocycles. The normalized spacial score (nSPS) is 11.2. The molecule has 0 amide bonds. The fourth-order valence-corrected chi connectivity index (χ4v) is 4.31. The fourth-order valence-electron chi connectivity index (χ4n) is 4.31. The summed E-state index contributed by atoms with van der Waals surface area (Å²) in [7, 11) is 2.74. The highest BCUT2D eigenvalue weighted by atomic mass is 19.1. The fraction of sp³-hybridized carbons (Fsp3) is 0.355. The molecule has 230 valence electrons. The Kier molecular flexibility index (Phi) is 11.3. The average molecular weight is 602 g/mol. The Labute approximate surface area is 246 Å². The molecule has 2 aromatic rings. The lowest BCUT2D eigenvalue weighted by atomic mass is 9.93. The van der Waals surface area contributed by atoms with Crippen molar-refractivity contribution in [2.24, 2.45) is 0 Å². The van der Waals surface area contributed by atoms with Crippen molar-refractivity contribution in [2.75, 3.05) is 72.3 Å². The Hall–Kier alpha value is -4.26. The molecule has 0 spiro atoms. The molecule has 43 heavy (non-hydrogen) atoms. The van der Waals surface area contributed by atoms with Crippen molar-refractivity contribution >= 4 is 22.6 Å². The molecular formula is C31H33F2NO9. The zero-order valence-corrected chi connectivity index (χ0v) is 24.1. The van der Waals surface area contributed by atoms with Gasteiger partial charge in [0.15, 0.2) is 24.0 Å². The van der Waals surface area contributed by atoms with Gasteiger partial charge in [-0.3, -0.25) is 4.79 Å². The van der Waals surface area contributed by atoms with Gasteiger partial charge in [-0.05, 0) is 36.8 Å². The molecule has 12 heteroatoms. The van der Waals surface area contributed by atoms with Crippen molar-refractivity contribution in [3.8, 4) is 33.9 Å². The van der Waals surface area contributed by atoms with Gasteiger partial charge in [0.25, 0.3) is 0 Å². The summed E-state index contributed by atoms with van der Waals surface area (Å²) in [6, 6.07) is 9.80. The number of carbonyl (C=O) groups excluding carboxylic acids is 1. The number of ether oxygens (including phenoxy) is 6. The van der Waals surface area contributed by atoms with Crippen molar-refractivity contribution < 1.29 is 46.4 Å². The molecular weight excluding hydrogens is 568 g/mol. The summed E-state index contributed by atoms with van der Waals surface area (Å²) in [6.45, 7) is 4.48. The molecule has 1 N–H and O–H groups in total. The lowest BCUT2D eigenvalue weighted by Gasteiger charge is -2.19. The highest BCUT2D eigenvalue weighted by Crippen LogP contribution is 2.43. The van der Waals surface area contributed by atoms with Crippen molar-refractivity contribution in [3.05, 3.63) is 64.3 Å². The van der Waals surface area contributed by atoms with Crippen LogP contribution in [0.1, 0.15) is 6.92 Å². The third kappa shape index (κ3) is 7.98. The summed E-state index contributed by atoms with van der Waals surface area (Å²) in [5.41, 5.74) is 1.13. The monoisotopic (exact) mass is 601 g/mol. The number of hydrogen-bond acceptors (Lipinski definition) is 10. The van der Waals surface area contributed by atoms with E-state index in [1.807, 2.05) is 6.92 Å². The second-order valence-electron chi connectivity index (χ2n) is 9.19. The van der Waals surface area contributed by atoms with Gasteiger partial charge in [0, 0.05) is 48.9 Å². The molecule has 0 aromatic heterocycles. The van der Waals surface area contributed by atoms with E-state index in [0.717, 1.165) is 12.1 Å². The average Bonchev–Trinajstić information content (AvgIpc) is 3.00. The van der Waals surface area contributed by atoms with Gasteiger partial charge in [0.05, 0.1) is 39.2 Å². The Morgan fingerprint density at radius 1 is 0.884 bits per heavy atom. The first kappa shape index (κ1) is 31.7. The van der Waals surface area contributed by atoms with Crippen LogP contribution in [0.5, 0.6) is 11.5 Å². The van der Waals surface area contributed by atoms with E-state index < -0.39 is 29.6 Å². The molecule has 0 unspecified atom stereocenters. The van der Waals surface area contributed by atoms with E-state index >= 15 is 4.39 Å². The van der Waals surface area contributed by atoms with Gasteiger partial charge < -0.3 is 38.2 Å². The molecule has 2 aromatic carbocycles. The topological polar surface area (TPSA) is 115 Å². The number of fused-ring (bicyclic) bond motifs is 2. The predicted molar refractivity (Wildman–Crippen MR) is 155 cm³/mol. The maximum atomic E-state index is 15.2. The highest BCUT2D eigenvalue weighted by molar-refractivity contribution is 6.02. The van der Waals surface area contributed by atoms with Crippen molar-refractivity contribution in [1.29, 1.82) is 0 Å². The minimum atomic E-state index is -0.985. The first-order valence-corrected chi connectivity index (χ1v) is 13.6. The summed E-state index contributed by atoms with van der Waals surface area (Å²) >= 11 is 0. The molecule has 10 nitrogen and oxygen atoms in total. The van der Waals surface area contributed by atoms with Crippen LogP contribution >= 0.6 is 0 Å². The zero-order chi connectivity index (χ0) is 30.8. The van der Waals surface area contributed by atoms with Gasteiger partial charge in [0.1, 0.15) is 23.7 Å². The summed E-state index contributed by atoms with van der Waals surface area (Å²) in [5.74, 6) is -2.19. The quantitative estimate of drug-likeness (QED) is 0.108.